The molecule has 1 aliphatic heterocycles. The Balaban J connectivity index is 2.18. The van der Waals surface area contributed by atoms with E-state index >= 15 is 0 Å². The molecule has 20 heavy (non-hydrogen) atoms. The number of hydrogen-bond donors (Lipinski definition) is 2. The van der Waals surface area contributed by atoms with E-state index < -0.39 is 18.1 Å². The molecule has 0 unspecified atom stereocenters. The lowest BCUT2D eigenvalue weighted by Crippen LogP contribution is -2.39. The molecule has 7 heteroatoms. The van der Waals surface area contributed by atoms with Gasteiger partial charge in [-0.15, -0.1) is 0 Å². The van der Waals surface area contributed by atoms with Crippen molar-refractivity contribution < 1.29 is 23.1 Å². The smallest absolute Gasteiger partial charge is 0.391 e. The Morgan fingerprint density at radius 2 is 1.90 bits per heavy atom. The molecule has 2 rings (SSSR count). The normalized spacial score (nSPS) is 17.2. The van der Waals surface area contributed by atoms with Gasteiger partial charge in [0, 0.05) is 18.8 Å². The zero-order valence-electron chi connectivity index (χ0n) is 10.7. The first-order valence-electron chi connectivity index (χ1n) is 6.23. The fraction of sp³-hybridized carbons (Fsp3) is 0.462. The van der Waals surface area contributed by atoms with Crippen molar-refractivity contribution >= 4 is 17.3 Å². The Kier molecular flexibility index (Phi) is 3.78. The summed E-state index contributed by atoms with van der Waals surface area (Å²) in [5, 5.41) is 9.12. The first kappa shape index (κ1) is 14.5. The van der Waals surface area contributed by atoms with Crippen LogP contribution in [0.4, 0.5) is 24.5 Å². The molecule has 0 bridgehead atoms. The predicted molar refractivity (Wildman–Crippen MR) is 68.8 cm³/mol. The molecule has 1 fully saturated rings. The standard InChI is InChI=1S/C13H15F3N2O2/c14-13(15,16)8-3-5-18(6-4-8)11-7-9(17)1-2-10(11)12(19)20/h1-2,7-8H,3-6,17H2,(H,19,20). The number of halogens is 3. The number of nitrogens with zero attached hydrogens (tertiary/aromatic N) is 1. The van der Waals surface area contributed by atoms with Crippen molar-refractivity contribution in [3.63, 3.8) is 0 Å². The van der Waals surface area contributed by atoms with Crippen LogP contribution < -0.4 is 10.6 Å². The van der Waals surface area contributed by atoms with Crippen molar-refractivity contribution in [3.8, 4) is 0 Å². The van der Waals surface area contributed by atoms with Crippen LogP contribution in [0.15, 0.2) is 18.2 Å². The van der Waals surface area contributed by atoms with Crippen molar-refractivity contribution in [2.45, 2.75) is 19.0 Å². The Morgan fingerprint density at radius 1 is 1.30 bits per heavy atom. The molecule has 0 atom stereocenters. The maximum absolute atomic E-state index is 12.6. The molecule has 4 nitrogen and oxygen atoms in total. The molecule has 3 N–H and O–H groups in total. The number of hydrogen-bond acceptors (Lipinski definition) is 3. The Bertz CT molecular complexity index is 509. The van der Waals surface area contributed by atoms with E-state index in [2.05, 4.69) is 0 Å². The van der Waals surface area contributed by atoms with Crippen LogP contribution in [-0.4, -0.2) is 30.3 Å². The summed E-state index contributed by atoms with van der Waals surface area (Å²) in [4.78, 5) is 12.8. The van der Waals surface area contributed by atoms with Crippen LogP contribution in [0.5, 0.6) is 0 Å². The van der Waals surface area contributed by atoms with Gasteiger partial charge < -0.3 is 15.7 Å². The highest BCUT2D eigenvalue weighted by Crippen LogP contribution is 2.36. The van der Waals surface area contributed by atoms with Crippen molar-refractivity contribution in [2.24, 2.45) is 5.92 Å². The molecule has 0 saturated carbocycles. The molecule has 110 valence electrons. The van der Waals surface area contributed by atoms with Gasteiger partial charge in [0.2, 0.25) is 0 Å². The number of rotatable bonds is 2. The number of alkyl halides is 3. The number of benzene rings is 1. The fourth-order valence-corrected chi connectivity index (χ4v) is 2.44. The minimum atomic E-state index is -4.18. The third-order valence-electron chi connectivity index (χ3n) is 3.55. The number of nitrogen functional groups attached to an aromatic ring is 1. The van der Waals surface area contributed by atoms with Crippen molar-refractivity contribution in [2.75, 3.05) is 23.7 Å². The zero-order chi connectivity index (χ0) is 14.9. The van der Waals surface area contributed by atoms with Gasteiger partial charge in [-0.2, -0.15) is 13.2 Å². The molecule has 0 spiro atoms. The number of aromatic carboxylic acids is 1. The lowest BCUT2D eigenvalue weighted by atomic mass is 9.95. The summed E-state index contributed by atoms with van der Waals surface area (Å²) in [5.74, 6) is -2.42. The lowest BCUT2D eigenvalue weighted by molar-refractivity contribution is -0.179. The molecule has 1 heterocycles. The fourth-order valence-electron chi connectivity index (χ4n) is 2.44. The molecule has 0 amide bonds. The summed E-state index contributed by atoms with van der Waals surface area (Å²) in [6, 6.07) is 4.34. The van der Waals surface area contributed by atoms with Gasteiger partial charge in [0.25, 0.3) is 0 Å². The van der Waals surface area contributed by atoms with Crippen molar-refractivity contribution in [3.05, 3.63) is 23.8 Å². The van der Waals surface area contributed by atoms with Gasteiger partial charge in [-0.25, -0.2) is 4.79 Å². The largest absolute Gasteiger partial charge is 0.478 e. The number of nitrogens with two attached hydrogens (primary N) is 1. The topological polar surface area (TPSA) is 66.6 Å². The molecular formula is C13H15F3N2O2. The van der Waals surface area contributed by atoms with Crippen LogP contribution in [0.25, 0.3) is 0 Å². The summed E-state index contributed by atoms with van der Waals surface area (Å²) < 4.78 is 37.8. The molecule has 1 aliphatic rings. The van der Waals surface area contributed by atoms with Crippen LogP contribution in [0.2, 0.25) is 0 Å². The number of carboxylic acids is 1. The lowest BCUT2D eigenvalue weighted by Gasteiger charge is -2.35. The van der Waals surface area contributed by atoms with E-state index in [9.17, 15) is 18.0 Å². The van der Waals surface area contributed by atoms with E-state index in [-0.39, 0.29) is 31.5 Å². The third kappa shape index (κ3) is 2.97. The second-order valence-corrected chi connectivity index (χ2v) is 4.88. The van der Waals surface area contributed by atoms with Gasteiger partial charge in [-0.3, -0.25) is 0 Å². The molecule has 1 saturated heterocycles. The van der Waals surface area contributed by atoms with E-state index in [1.807, 2.05) is 0 Å². The third-order valence-corrected chi connectivity index (χ3v) is 3.55. The van der Waals surface area contributed by atoms with Crippen molar-refractivity contribution in [1.82, 2.24) is 0 Å². The van der Waals surface area contributed by atoms with Crippen LogP contribution in [0.1, 0.15) is 23.2 Å². The van der Waals surface area contributed by atoms with Gasteiger partial charge in [0.05, 0.1) is 17.2 Å². The molecule has 0 aromatic heterocycles. The van der Waals surface area contributed by atoms with E-state index in [4.69, 9.17) is 10.8 Å². The molecule has 0 aliphatic carbocycles. The number of carbonyl (C=O) groups is 1. The van der Waals surface area contributed by atoms with Crippen LogP contribution in [-0.2, 0) is 0 Å². The summed E-state index contributed by atoms with van der Waals surface area (Å²) in [5.41, 5.74) is 6.47. The van der Waals surface area contributed by atoms with E-state index in [1.54, 1.807) is 4.90 Å². The summed E-state index contributed by atoms with van der Waals surface area (Å²) in [7, 11) is 0. The maximum atomic E-state index is 12.6. The second-order valence-electron chi connectivity index (χ2n) is 4.88. The summed E-state index contributed by atoms with van der Waals surface area (Å²) >= 11 is 0. The number of anilines is 2. The Labute approximate surface area is 114 Å². The average molecular weight is 288 g/mol. The number of carboxylic acid groups (broad SMARTS) is 1. The predicted octanol–water partition coefficient (Wildman–Crippen LogP) is 2.75. The van der Waals surface area contributed by atoms with Crippen LogP contribution in [0.3, 0.4) is 0 Å². The number of piperidine rings is 1. The maximum Gasteiger partial charge on any atom is 0.391 e. The first-order valence-corrected chi connectivity index (χ1v) is 6.23. The zero-order valence-corrected chi connectivity index (χ0v) is 10.7. The molecule has 1 aromatic carbocycles. The molecule has 0 radical (unpaired) electrons. The highest BCUT2D eigenvalue weighted by molar-refractivity contribution is 5.95. The molecule has 1 aromatic rings. The van der Waals surface area contributed by atoms with E-state index in [1.165, 1.54) is 18.2 Å². The van der Waals surface area contributed by atoms with Crippen molar-refractivity contribution in [1.29, 1.82) is 0 Å². The van der Waals surface area contributed by atoms with Gasteiger partial charge in [-0.1, -0.05) is 0 Å². The van der Waals surface area contributed by atoms with Gasteiger partial charge in [0.15, 0.2) is 0 Å². The minimum absolute atomic E-state index is 0.0304. The van der Waals surface area contributed by atoms with Crippen LogP contribution in [0, 0.1) is 5.92 Å². The minimum Gasteiger partial charge on any atom is -0.478 e. The average Bonchev–Trinajstić information content (AvgIpc) is 2.37. The monoisotopic (exact) mass is 288 g/mol. The quantitative estimate of drug-likeness (QED) is 0.821. The summed E-state index contributed by atoms with van der Waals surface area (Å²) in [6.07, 6.45) is -4.24. The first-order chi connectivity index (χ1) is 9.29. The van der Waals surface area contributed by atoms with E-state index in [0.29, 0.717) is 11.4 Å². The van der Waals surface area contributed by atoms with Gasteiger partial charge in [-0.05, 0) is 31.0 Å². The van der Waals surface area contributed by atoms with Gasteiger partial charge >= 0.3 is 12.1 Å². The highest BCUT2D eigenvalue weighted by Gasteiger charge is 2.41. The van der Waals surface area contributed by atoms with Crippen LogP contribution >= 0.6 is 0 Å². The SMILES string of the molecule is Nc1ccc(C(=O)O)c(N2CCC(C(F)(F)F)CC2)c1. The van der Waals surface area contributed by atoms with Gasteiger partial charge in [0.1, 0.15) is 0 Å². The van der Waals surface area contributed by atoms with E-state index in [0.717, 1.165) is 0 Å². The Morgan fingerprint density at radius 3 is 2.40 bits per heavy atom. The second kappa shape index (κ2) is 5.22. The summed E-state index contributed by atoms with van der Waals surface area (Å²) in [6.45, 7) is 0.349. The Hall–Kier alpha value is -1.92. The molecular weight excluding hydrogens is 273 g/mol. The highest BCUT2D eigenvalue weighted by atomic mass is 19.4.